The first-order chi connectivity index (χ1) is 32.6. The number of aliphatic hydroxyl groups excluding tert-OH is 2. The largest absolute Gasteiger partial charge is 0.480 e. The van der Waals surface area contributed by atoms with E-state index in [0.29, 0.717) is 45.1 Å². The van der Waals surface area contributed by atoms with Gasteiger partial charge in [-0.1, -0.05) is 0 Å². The van der Waals surface area contributed by atoms with Crippen molar-refractivity contribution in [1.29, 1.82) is 0 Å². The van der Waals surface area contributed by atoms with Gasteiger partial charge in [-0.25, -0.2) is 4.79 Å². The van der Waals surface area contributed by atoms with Crippen LogP contribution in [0.3, 0.4) is 0 Å². The second-order valence-electron chi connectivity index (χ2n) is 17.4. The van der Waals surface area contributed by atoms with E-state index in [1.54, 1.807) is 0 Å². The minimum absolute atomic E-state index is 0.00168. The van der Waals surface area contributed by atoms with E-state index in [9.17, 15) is 53.7 Å². The molecule has 0 radical (unpaired) electrons. The molecule has 10 atom stereocenters. The second kappa shape index (κ2) is 30.6. The highest BCUT2D eigenvalue weighted by atomic mass is 16.4. The van der Waals surface area contributed by atoms with Crippen LogP contribution in [0.25, 0.3) is 0 Å². The van der Waals surface area contributed by atoms with E-state index in [4.69, 9.17) is 40.1 Å². The lowest BCUT2D eigenvalue weighted by Crippen LogP contribution is -2.61. The highest BCUT2D eigenvalue weighted by molar-refractivity contribution is 5.98. The number of carboxylic acids is 1. The van der Waals surface area contributed by atoms with Crippen LogP contribution in [-0.2, 0) is 38.4 Å². The molecule has 27 heteroatoms. The number of rotatable bonds is 31. The maximum absolute atomic E-state index is 14.2. The van der Waals surface area contributed by atoms with Gasteiger partial charge in [-0.15, -0.1) is 0 Å². The Bertz CT molecular complexity index is 1780. The van der Waals surface area contributed by atoms with E-state index in [0.717, 1.165) is 0 Å². The molecule has 392 valence electrons. The second-order valence-corrected chi connectivity index (χ2v) is 17.4. The van der Waals surface area contributed by atoms with Gasteiger partial charge >= 0.3 is 5.97 Å². The van der Waals surface area contributed by atoms with Crippen molar-refractivity contribution in [2.45, 2.75) is 164 Å². The highest BCUT2D eigenvalue weighted by Crippen LogP contribution is 2.22. The van der Waals surface area contributed by atoms with Crippen molar-refractivity contribution in [1.82, 2.24) is 36.4 Å². The van der Waals surface area contributed by atoms with Gasteiger partial charge in [0.15, 0.2) is 11.9 Å². The van der Waals surface area contributed by atoms with Crippen LogP contribution in [-0.4, -0.2) is 184 Å². The Hall–Kier alpha value is -5.90. The molecule has 2 rings (SSSR count). The van der Waals surface area contributed by atoms with Gasteiger partial charge in [0.1, 0.15) is 48.3 Å². The number of nitrogens with zero attached hydrogens (tertiary/aromatic N) is 4. The Morgan fingerprint density at radius 2 is 0.986 bits per heavy atom. The monoisotopic (exact) mass is 983 g/mol. The maximum atomic E-state index is 14.2. The van der Waals surface area contributed by atoms with Crippen LogP contribution in [0.5, 0.6) is 0 Å². The van der Waals surface area contributed by atoms with Gasteiger partial charge in [-0.05, 0) is 117 Å². The predicted octanol–water partition coefficient (Wildman–Crippen LogP) is -6.07. The molecule has 0 bridgehead atoms. The van der Waals surface area contributed by atoms with Crippen LogP contribution in [0.4, 0.5) is 0 Å². The summed E-state index contributed by atoms with van der Waals surface area (Å²) in [6.07, 6.45) is 0.833. The molecule has 0 aromatic rings. The van der Waals surface area contributed by atoms with E-state index in [-0.39, 0.29) is 96.0 Å². The summed E-state index contributed by atoms with van der Waals surface area (Å²) in [4.78, 5) is 119. The number of likely N-dealkylation sites (tertiary alicyclic amines) is 2. The molecular weight excluding hydrogens is 905 g/mol. The van der Waals surface area contributed by atoms with Crippen LogP contribution < -0.4 is 66.7 Å². The number of nitrogens with one attached hydrogen (secondary N) is 5. The normalized spacial score (nSPS) is 19.1. The van der Waals surface area contributed by atoms with E-state index in [1.165, 1.54) is 23.6 Å². The lowest BCUT2D eigenvalue weighted by atomic mass is 10.0. The minimum Gasteiger partial charge on any atom is -0.480 e. The molecule has 0 saturated carbocycles. The van der Waals surface area contributed by atoms with E-state index in [1.807, 2.05) is 0 Å². The number of aliphatic hydroxyl groups is 2. The molecule has 0 aromatic heterocycles. The van der Waals surface area contributed by atoms with Crippen molar-refractivity contribution >= 4 is 59.2 Å². The minimum atomic E-state index is -1.68. The molecule has 0 spiro atoms. The van der Waals surface area contributed by atoms with Gasteiger partial charge in [-0.2, -0.15) is 0 Å². The Morgan fingerprint density at radius 3 is 1.39 bits per heavy atom. The van der Waals surface area contributed by atoms with Crippen LogP contribution in [0.1, 0.15) is 104 Å². The van der Waals surface area contributed by atoms with Crippen molar-refractivity contribution in [2.24, 2.45) is 50.1 Å². The standard InChI is InChI=1S/C42H78N16O11/c1-23(59)31(45)36(64)53-26(11-3-5-17-43)38(66)57-21-9-15-29(57)34(62)52-25(13-7-19-50-41(46)47)33(61)56-32(24(2)60)37(65)54-27(12-4-6-18-44)39(67)58-22-10-16-30(58)35(63)55-28(40(68)69)14-8-20-51-42(48)49/h23-32,59-60H,3-22,43-45H2,1-2H3,(H,52,62)(H,53,64)(H,54,65)(H,55,63)(H,56,61)(H,68,69)(H4,46,47,50)(H4,48,49,51)/t23?,24?,25-,26-,27-,28-,29-,30-,31-,32-/m0/s1. The SMILES string of the molecule is CC(O)[C@H](N)C(=O)N[C@@H](CCCCN)C(=O)N1CCC[C@H]1C(=O)N[C@@H](CCCN=C(N)N)C(=O)N[C@H](C(=O)N[C@@H](CCCCN)C(=O)N1CCC[C@H]1C(=O)N[C@@H](CCCN=C(N)N)C(=O)O)C(C)O. The molecule has 2 saturated heterocycles. The number of nitrogens with two attached hydrogens (primary N) is 7. The molecule has 27 nitrogen and oxygen atoms in total. The van der Waals surface area contributed by atoms with Crippen molar-refractivity contribution < 1.29 is 53.7 Å². The van der Waals surface area contributed by atoms with Crippen LogP contribution in [0.15, 0.2) is 9.98 Å². The third kappa shape index (κ3) is 19.9. The number of hydrogen-bond acceptors (Lipinski definition) is 15. The molecule has 2 aliphatic heterocycles. The Labute approximate surface area is 402 Å². The first kappa shape index (κ1) is 59.2. The Morgan fingerprint density at radius 1 is 0.565 bits per heavy atom. The van der Waals surface area contributed by atoms with Crippen molar-refractivity contribution in [2.75, 3.05) is 39.3 Å². The van der Waals surface area contributed by atoms with Crippen LogP contribution >= 0.6 is 0 Å². The Balaban J connectivity index is 2.34. The average Bonchev–Trinajstić information content (AvgIpc) is 4.00. The van der Waals surface area contributed by atoms with Gasteiger partial charge in [0, 0.05) is 26.2 Å². The summed E-state index contributed by atoms with van der Waals surface area (Å²) in [7, 11) is 0. The van der Waals surface area contributed by atoms with Crippen molar-refractivity contribution in [3.8, 4) is 0 Å². The summed E-state index contributed by atoms with van der Waals surface area (Å²) in [5, 5.41) is 43.4. The first-order valence-electron chi connectivity index (χ1n) is 23.6. The highest BCUT2D eigenvalue weighted by Gasteiger charge is 2.42. The van der Waals surface area contributed by atoms with Crippen LogP contribution in [0.2, 0.25) is 0 Å². The maximum Gasteiger partial charge on any atom is 0.326 e. The van der Waals surface area contributed by atoms with Crippen molar-refractivity contribution in [3.05, 3.63) is 0 Å². The number of carbonyl (C=O) groups is 8. The topological polar surface area (TPSA) is 471 Å². The summed E-state index contributed by atoms with van der Waals surface area (Å²) in [5.41, 5.74) is 38.8. The third-order valence-corrected chi connectivity index (χ3v) is 11.8. The van der Waals surface area contributed by atoms with Gasteiger partial charge < -0.3 is 91.8 Å². The number of hydrogen-bond donors (Lipinski definition) is 15. The molecule has 0 aliphatic carbocycles. The molecule has 0 aromatic carbocycles. The summed E-state index contributed by atoms with van der Waals surface area (Å²) in [6.45, 7) is 3.61. The predicted molar refractivity (Wildman–Crippen MR) is 254 cm³/mol. The number of carbonyl (C=O) groups excluding carboxylic acids is 7. The van der Waals surface area contributed by atoms with Gasteiger partial charge in [-0.3, -0.25) is 43.5 Å². The zero-order valence-corrected chi connectivity index (χ0v) is 39.9. The quantitative estimate of drug-likeness (QED) is 0.0175. The van der Waals surface area contributed by atoms with Gasteiger partial charge in [0.2, 0.25) is 41.4 Å². The van der Waals surface area contributed by atoms with Gasteiger partial charge in [0.25, 0.3) is 0 Å². The number of guanidine groups is 2. The molecule has 22 N–H and O–H groups in total. The summed E-state index contributed by atoms with van der Waals surface area (Å²) in [5.74, 6) is -6.97. The molecule has 2 heterocycles. The third-order valence-electron chi connectivity index (χ3n) is 11.8. The summed E-state index contributed by atoms with van der Waals surface area (Å²) >= 11 is 0. The fourth-order valence-corrected chi connectivity index (χ4v) is 7.98. The number of carboxylic acid groups (broad SMARTS) is 1. The van der Waals surface area contributed by atoms with Crippen LogP contribution in [0, 0.1) is 0 Å². The van der Waals surface area contributed by atoms with E-state index < -0.39 is 108 Å². The van der Waals surface area contributed by atoms with Gasteiger partial charge in [0.05, 0.1) is 12.2 Å². The number of unbranched alkanes of at least 4 members (excludes halogenated alkanes) is 2. The molecular formula is C42H78N16O11. The zero-order valence-electron chi connectivity index (χ0n) is 39.9. The number of aliphatic imine (C=N–C) groups is 2. The molecule has 69 heavy (non-hydrogen) atoms. The number of aliphatic carboxylic acids is 1. The Kier molecular flexibility index (Phi) is 26.2. The van der Waals surface area contributed by atoms with E-state index >= 15 is 0 Å². The van der Waals surface area contributed by atoms with E-state index in [2.05, 4.69) is 36.6 Å². The number of amides is 7. The average molecular weight is 983 g/mol. The van der Waals surface area contributed by atoms with Crippen molar-refractivity contribution in [3.63, 3.8) is 0 Å². The fraction of sp³-hybridized carbons (Fsp3) is 0.762. The summed E-state index contributed by atoms with van der Waals surface area (Å²) < 4.78 is 0. The smallest absolute Gasteiger partial charge is 0.326 e. The molecule has 2 unspecified atom stereocenters. The fourth-order valence-electron chi connectivity index (χ4n) is 7.98. The molecule has 7 amide bonds. The lowest BCUT2D eigenvalue weighted by Gasteiger charge is -2.32. The molecule has 2 fully saturated rings. The summed E-state index contributed by atoms with van der Waals surface area (Å²) in [6, 6.07) is -10.2. The molecule has 2 aliphatic rings. The lowest BCUT2D eigenvalue weighted by molar-refractivity contribution is -0.145. The zero-order chi connectivity index (χ0) is 51.8. The first-order valence-corrected chi connectivity index (χ1v) is 23.6.